The SMILES string of the molecule is Cc1cc(C(=O)N2CCN(c3ncccc3C#N)CC2)on1. The molecular weight excluding hydrogens is 282 g/mol. The summed E-state index contributed by atoms with van der Waals surface area (Å²) in [6.07, 6.45) is 1.67. The predicted molar refractivity (Wildman–Crippen MR) is 78.3 cm³/mol. The Balaban J connectivity index is 1.68. The molecule has 0 atom stereocenters. The second-order valence-corrected chi connectivity index (χ2v) is 5.10. The Bertz CT molecular complexity index is 726. The van der Waals surface area contributed by atoms with Crippen molar-refractivity contribution in [3.63, 3.8) is 0 Å². The molecule has 0 radical (unpaired) electrons. The van der Waals surface area contributed by atoms with Crippen molar-refractivity contribution in [1.82, 2.24) is 15.0 Å². The van der Waals surface area contributed by atoms with Crippen molar-refractivity contribution in [1.29, 1.82) is 5.26 Å². The Morgan fingerprint density at radius 2 is 2.14 bits per heavy atom. The minimum absolute atomic E-state index is 0.151. The van der Waals surface area contributed by atoms with E-state index < -0.39 is 0 Å². The van der Waals surface area contributed by atoms with Crippen molar-refractivity contribution in [2.24, 2.45) is 0 Å². The lowest BCUT2D eigenvalue weighted by Crippen LogP contribution is -2.49. The molecule has 0 spiro atoms. The van der Waals surface area contributed by atoms with Gasteiger partial charge in [-0.2, -0.15) is 5.26 Å². The zero-order valence-electron chi connectivity index (χ0n) is 12.2. The second kappa shape index (κ2) is 5.85. The van der Waals surface area contributed by atoms with Crippen molar-refractivity contribution in [3.8, 4) is 6.07 Å². The molecule has 0 saturated carbocycles. The summed E-state index contributed by atoms with van der Waals surface area (Å²) in [6, 6.07) is 7.28. The van der Waals surface area contributed by atoms with Crippen LogP contribution in [0.5, 0.6) is 0 Å². The summed E-state index contributed by atoms with van der Waals surface area (Å²) >= 11 is 0. The Labute approximate surface area is 127 Å². The highest BCUT2D eigenvalue weighted by Crippen LogP contribution is 2.19. The van der Waals surface area contributed by atoms with Crippen molar-refractivity contribution in [3.05, 3.63) is 41.4 Å². The number of pyridine rings is 1. The zero-order chi connectivity index (χ0) is 15.5. The fraction of sp³-hybridized carbons (Fsp3) is 0.333. The summed E-state index contributed by atoms with van der Waals surface area (Å²) in [7, 11) is 0. The minimum Gasteiger partial charge on any atom is -0.352 e. The molecule has 0 unspecified atom stereocenters. The van der Waals surface area contributed by atoms with Crippen LogP contribution in [0.2, 0.25) is 0 Å². The van der Waals surface area contributed by atoms with E-state index in [0.717, 1.165) is 0 Å². The maximum atomic E-state index is 12.3. The molecule has 7 nitrogen and oxygen atoms in total. The summed E-state index contributed by atoms with van der Waals surface area (Å²) in [5, 5.41) is 12.9. The average molecular weight is 297 g/mol. The molecule has 1 fully saturated rings. The smallest absolute Gasteiger partial charge is 0.292 e. The van der Waals surface area contributed by atoms with Gasteiger partial charge in [-0.15, -0.1) is 0 Å². The van der Waals surface area contributed by atoms with E-state index in [9.17, 15) is 4.79 Å². The Kier molecular flexibility index (Phi) is 3.74. The fourth-order valence-electron chi connectivity index (χ4n) is 2.48. The predicted octanol–water partition coefficient (Wildman–Crippen LogP) is 1.21. The van der Waals surface area contributed by atoms with Gasteiger partial charge in [0.25, 0.3) is 5.91 Å². The van der Waals surface area contributed by atoms with Gasteiger partial charge < -0.3 is 14.3 Å². The Morgan fingerprint density at radius 3 is 2.77 bits per heavy atom. The van der Waals surface area contributed by atoms with Gasteiger partial charge in [-0.05, 0) is 19.1 Å². The van der Waals surface area contributed by atoms with Crippen LogP contribution in [0.1, 0.15) is 21.8 Å². The van der Waals surface area contributed by atoms with Crippen LogP contribution >= 0.6 is 0 Å². The van der Waals surface area contributed by atoms with Crippen LogP contribution in [0.3, 0.4) is 0 Å². The molecule has 1 aliphatic heterocycles. The summed E-state index contributed by atoms with van der Waals surface area (Å²) in [6.45, 7) is 4.15. The molecule has 2 aromatic rings. The van der Waals surface area contributed by atoms with Crippen molar-refractivity contribution in [2.75, 3.05) is 31.1 Å². The number of anilines is 1. The van der Waals surface area contributed by atoms with Crippen LogP contribution in [-0.2, 0) is 0 Å². The first-order valence-corrected chi connectivity index (χ1v) is 7.01. The van der Waals surface area contributed by atoms with Crippen molar-refractivity contribution >= 4 is 11.7 Å². The molecule has 3 heterocycles. The van der Waals surface area contributed by atoms with E-state index in [-0.39, 0.29) is 11.7 Å². The monoisotopic (exact) mass is 297 g/mol. The molecule has 1 aliphatic rings. The quantitative estimate of drug-likeness (QED) is 0.828. The first-order chi connectivity index (χ1) is 10.7. The normalized spacial score (nSPS) is 14.7. The molecule has 112 valence electrons. The van der Waals surface area contributed by atoms with E-state index in [1.165, 1.54) is 0 Å². The molecule has 0 aliphatic carbocycles. The molecule has 7 heteroatoms. The maximum absolute atomic E-state index is 12.3. The van der Waals surface area contributed by atoms with Gasteiger partial charge in [-0.3, -0.25) is 4.79 Å². The first kappa shape index (κ1) is 14.1. The third-order valence-electron chi connectivity index (χ3n) is 3.61. The second-order valence-electron chi connectivity index (χ2n) is 5.10. The number of hydrogen-bond acceptors (Lipinski definition) is 6. The van der Waals surface area contributed by atoms with E-state index >= 15 is 0 Å². The molecule has 22 heavy (non-hydrogen) atoms. The van der Waals surface area contributed by atoms with Crippen LogP contribution < -0.4 is 4.90 Å². The van der Waals surface area contributed by atoms with Crippen molar-refractivity contribution < 1.29 is 9.32 Å². The number of hydrogen-bond donors (Lipinski definition) is 0. The van der Waals surface area contributed by atoms with Crippen LogP contribution in [-0.4, -0.2) is 47.1 Å². The highest BCUT2D eigenvalue weighted by Gasteiger charge is 2.26. The van der Waals surface area contributed by atoms with Gasteiger partial charge in [0, 0.05) is 38.4 Å². The largest absolute Gasteiger partial charge is 0.352 e. The zero-order valence-corrected chi connectivity index (χ0v) is 12.2. The molecular formula is C15H15N5O2. The molecule has 0 aromatic carbocycles. The van der Waals surface area contributed by atoms with E-state index in [2.05, 4.69) is 16.2 Å². The summed E-state index contributed by atoms with van der Waals surface area (Å²) in [5.41, 5.74) is 1.24. The molecule has 1 amide bonds. The van der Waals surface area contributed by atoms with Gasteiger partial charge in [0.05, 0.1) is 11.3 Å². The van der Waals surface area contributed by atoms with Crippen LogP contribution in [0.15, 0.2) is 28.9 Å². The summed E-state index contributed by atoms with van der Waals surface area (Å²) in [4.78, 5) is 20.3. The molecule has 1 saturated heterocycles. The van der Waals surface area contributed by atoms with E-state index in [0.29, 0.717) is 43.3 Å². The highest BCUT2D eigenvalue weighted by atomic mass is 16.5. The van der Waals surface area contributed by atoms with E-state index in [1.807, 2.05) is 4.90 Å². The van der Waals surface area contributed by atoms with Gasteiger partial charge in [0.15, 0.2) is 0 Å². The lowest BCUT2D eigenvalue weighted by atomic mass is 10.2. The average Bonchev–Trinajstić information content (AvgIpc) is 3.01. The summed E-state index contributed by atoms with van der Waals surface area (Å²) < 4.78 is 5.02. The molecule has 0 bridgehead atoms. The number of piperazine rings is 1. The van der Waals surface area contributed by atoms with Crippen LogP contribution in [0.4, 0.5) is 5.82 Å². The number of carbonyl (C=O) groups is 1. The van der Waals surface area contributed by atoms with E-state index in [1.54, 1.807) is 36.2 Å². The van der Waals surface area contributed by atoms with Crippen LogP contribution in [0, 0.1) is 18.3 Å². The van der Waals surface area contributed by atoms with Gasteiger partial charge in [0.2, 0.25) is 5.76 Å². The van der Waals surface area contributed by atoms with Crippen molar-refractivity contribution in [2.45, 2.75) is 6.92 Å². The number of nitriles is 1. The number of carbonyl (C=O) groups excluding carboxylic acids is 1. The van der Waals surface area contributed by atoms with Gasteiger partial charge in [-0.1, -0.05) is 5.16 Å². The number of aromatic nitrogens is 2. The Morgan fingerprint density at radius 1 is 1.36 bits per heavy atom. The number of nitrogens with zero attached hydrogens (tertiary/aromatic N) is 5. The molecule has 2 aromatic heterocycles. The number of aryl methyl sites for hydroxylation is 1. The molecule has 3 rings (SSSR count). The fourth-order valence-corrected chi connectivity index (χ4v) is 2.48. The third-order valence-corrected chi connectivity index (χ3v) is 3.61. The number of rotatable bonds is 2. The third kappa shape index (κ3) is 2.63. The van der Waals surface area contributed by atoms with Gasteiger partial charge >= 0.3 is 0 Å². The van der Waals surface area contributed by atoms with Crippen LogP contribution in [0.25, 0.3) is 0 Å². The summed E-state index contributed by atoms with van der Waals surface area (Å²) in [5.74, 6) is 0.788. The van der Waals surface area contributed by atoms with Gasteiger partial charge in [0.1, 0.15) is 11.9 Å². The topological polar surface area (TPSA) is 86.3 Å². The lowest BCUT2D eigenvalue weighted by Gasteiger charge is -2.35. The highest BCUT2D eigenvalue weighted by molar-refractivity contribution is 5.91. The Hall–Kier alpha value is -2.88. The van der Waals surface area contributed by atoms with Gasteiger partial charge in [-0.25, -0.2) is 4.98 Å². The van der Waals surface area contributed by atoms with E-state index in [4.69, 9.17) is 9.78 Å². The lowest BCUT2D eigenvalue weighted by molar-refractivity contribution is 0.0704. The standard InChI is InChI=1S/C15H15N5O2/c1-11-9-13(22-18-11)15(21)20-7-5-19(6-8-20)14-12(10-16)3-2-4-17-14/h2-4,9H,5-8H2,1H3. The number of amides is 1. The molecule has 0 N–H and O–H groups in total. The maximum Gasteiger partial charge on any atom is 0.292 e. The minimum atomic E-state index is -0.151. The first-order valence-electron chi connectivity index (χ1n) is 7.01.